The summed E-state index contributed by atoms with van der Waals surface area (Å²) in [5.74, 6) is 0.263. The van der Waals surface area contributed by atoms with Crippen molar-refractivity contribution in [3.63, 3.8) is 0 Å². The number of nitrogen functional groups attached to an aromatic ring is 1. The molecule has 0 fully saturated rings. The standard InChI is InChI=1S/C3H6N4OS/c1-8-6-3-5-2(4)7-9-3/h1H3,(H3,4,5,6,7). The van der Waals surface area contributed by atoms with Crippen LogP contribution in [-0.4, -0.2) is 16.5 Å². The Kier molecular flexibility index (Phi) is 1.81. The van der Waals surface area contributed by atoms with E-state index in [0.29, 0.717) is 5.13 Å². The molecule has 1 heterocycles. The van der Waals surface area contributed by atoms with Crippen LogP contribution in [0.5, 0.6) is 0 Å². The molecule has 0 bridgehead atoms. The maximum atomic E-state index is 5.20. The van der Waals surface area contributed by atoms with Gasteiger partial charge in [-0.15, -0.1) is 0 Å². The van der Waals surface area contributed by atoms with Gasteiger partial charge in [-0.2, -0.15) is 9.36 Å². The smallest absolute Gasteiger partial charge is 0.233 e. The lowest BCUT2D eigenvalue weighted by Crippen LogP contribution is -1.94. The van der Waals surface area contributed by atoms with Crippen LogP contribution in [0.2, 0.25) is 0 Å². The van der Waals surface area contributed by atoms with Crippen molar-refractivity contribution in [2.45, 2.75) is 0 Å². The summed E-state index contributed by atoms with van der Waals surface area (Å²) in [4.78, 5) is 8.29. The van der Waals surface area contributed by atoms with Crippen LogP contribution in [-0.2, 0) is 4.84 Å². The van der Waals surface area contributed by atoms with Gasteiger partial charge in [0, 0.05) is 11.5 Å². The zero-order valence-corrected chi connectivity index (χ0v) is 5.60. The fourth-order valence-corrected chi connectivity index (χ4v) is 0.839. The Labute approximate surface area is 56.0 Å². The van der Waals surface area contributed by atoms with Crippen LogP contribution in [0.1, 0.15) is 0 Å². The second-order valence-electron chi connectivity index (χ2n) is 1.26. The Bertz CT molecular complexity index is 188. The third kappa shape index (κ3) is 1.51. The minimum Gasteiger partial charge on any atom is -0.367 e. The minimum absolute atomic E-state index is 0.263. The van der Waals surface area contributed by atoms with Crippen LogP contribution < -0.4 is 11.2 Å². The number of nitrogens with one attached hydrogen (secondary N) is 1. The van der Waals surface area contributed by atoms with E-state index in [0.717, 1.165) is 11.5 Å². The summed E-state index contributed by atoms with van der Waals surface area (Å²) in [6, 6.07) is 0. The van der Waals surface area contributed by atoms with Gasteiger partial charge in [0.1, 0.15) is 0 Å². The summed E-state index contributed by atoms with van der Waals surface area (Å²) < 4.78 is 3.70. The van der Waals surface area contributed by atoms with Crippen molar-refractivity contribution < 1.29 is 4.84 Å². The van der Waals surface area contributed by atoms with Crippen molar-refractivity contribution >= 4 is 22.6 Å². The van der Waals surface area contributed by atoms with Gasteiger partial charge in [0.05, 0.1) is 7.11 Å². The van der Waals surface area contributed by atoms with E-state index in [9.17, 15) is 0 Å². The molecule has 6 heteroatoms. The Morgan fingerprint density at radius 2 is 2.56 bits per heavy atom. The highest BCUT2D eigenvalue weighted by atomic mass is 32.1. The number of rotatable bonds is 2. The van der Waals surface area contributed by atoms with E-state index in [2.05, 4.69) is 19.7 Å². The fourth-order valence-electron chi connectivity index (χ4n) is 0.364. The second-order valence-corrected chi connectivity index (χ2v) is 2.02. The summed E-state index contributed by atoms with van der Waals surface area (Å²) in [5, 5.41) is 0.565. The first-order valence-corrected chi connectivity index (χ1v) is 2.98. The van der Waals surface area contributed by atoms with Crippen LogP contribution in [0, 0.1) is 0 Å². The monoisotopic (exact) mass is 146 g/mol. The minimum atomic E-state index is 0.263. The van der Waals surface area contributed by atoms with Crippen LogP contribution >= 0.6 is 11.5 Å². The molecule has 0 aliphatic carbocycles. The third-order valence-electron chi connectivity index (χ3n) is 0.631. The van der Waals surface area contributed by atoms with E-state index in [-0.39, 0.29) is 5.95 Å². The first-order chi connectivity index (χ1) is 4.33. The molecule has 0 saturated carbocycles. The van der Waals surface area contributed by atoms with Crippen LogP contribution in [0.4, 0.5) is 11.1 Å². The van der Waals surface area contributed by atoms with E-state index in [1.54, 1.807) is 0 Å². The molecular formula is C3H6N4OS. The molecule has 0 aliphatic heterocycles. The van der Waals surface area contributed by atoms with Gasteiger partial charge in [-0.3, -0.25) is 4.84 Å². The van der Waals surface area contributed by atoms with E-state index >= 15 is 0 Å². The number of hydrogen-bond donors (Lipinski definition) is 2. The van der Waals surface area contributed by atoms with Crippen molar-refractivity contribution in [3.05, 3.63) is 0 Å². The summed E-state index contributed by atoms with van der Waals surface area (Å²) in [6.07, 6.45) is 0. The molecule has 5 nitrogen and oxygen atoms in total. The van der Waals surface area contributed by atoms with Gasteiger partial charge in [-0.25, -0.2) is 5.48 Å². The number of nitrogens with two attached hydrogens (primary N) is 1. The molecule has 1 aromatic heterocycles. The van der Waals surface area contributed by atoms with Gasteiger partial charge in [0.25, 0.3) is 0 Å². The molecule has 1 rings (SSSR count). The SMILES string of the molecule is CONc1nc(N)ns1. The van der Waals surface area contributed by atoms with E-state index in [1.165, 1.54) is 7.11 Å². The molecule has 9 heavy (non-hydrogen) atoms. The molecule has 0 radical (unpaired) electrons. The van der Waals surface area contributed by atoms with E-state index in [1.807, 2.05) is 0 Å². The molecule has 0 atom stereocenters. The van der Waals surface area contributed by atoms with Crippen molar-refractivity contribution in [2.75, 3.05) is 18.3 Å². The number of aromatic nitrogens is 2. The predicted octanol–water partition coefficient (Wildman–Crippen LogP) is 0.0936. The molecule has 0 aliphatic rings. The third-order valence-corrected chi connectivity index (χ3v) is 1.26. The van der Waals surface area contributed by atoms with Crippen molar-refractivity contribution in [1.29, 1.82) is 0 Å². The van der Waals surface area contributed by atoms with Crippen LogP contribution in [0.25, 0.3) is 0 Å². The van der Waals surface area contributed by atoms with E-state index < -0.39 is 0 Å². The quantitative estimate of drug-likeness (QED) is 0.578. The zero-order chi connectivity index (χ0) is 6.69. The number of anilines is 2. The number of hydrogen-bond acceptors (Lipinski definition) is 6. The highest BCUT2D eigenvalue weighted by Gasteiger charge is 1.96. The Balaban J connectivity index is 2.61. The van der Waals surface area contributed by atoms with Gasteiger partial charge >= 0.3 is 0 Å². The van der Waals surface area contributed by atoms with E-state index in [4.69, 9.17) is 5.73 Å². The molecule has 0 spiro atoms. The Morgan fingerprint density at radius 1 is 1.78 bits per heavy atom. The second kappa shape index (κ2) is 2.60. The van der Waals surface area contributed by atoms with Crippen molar-refractivity contribution in [2.24, 2.45) is 0 Å². The molecule has 3 N–H and O–H groups in total. The average molecular weight is 146 g/mol. The summed E-state index contributed by atoms with van der Waals surface area (Å²) in [6.45, 7) is 0. The topological polar surface area (TPSA) is 73.1 Å². The Hall–Kier alpha value is -0.880. The average Bonchev–Trinajstić information content (AvgIpc) is 2.17. The molecule has 50 valence electrons. The fraction of sp³-hybridized carbons (Fsp3) is 0.333. The van der Waals surface area contributed by atoms with Crippen LogP contribution in [0.15, 0.2) is 0 Å². The first-order valence-electron chi connectivity index (χ1n) is 2.21. The van der Waals surface area contributed by atoms with Crippen molar-refractivity contribution in [1.82, 2.24) is 9.36 Å². The predicted molar refractivity (Wildman–Crippen MR) is 35.0 cm³/mol. The molecule has 1 aromatic rings. The highest BCUT2D eigenvalue weighted by molar-refractivity contribution is 7.09. The zero-order valence-electron chi connectivity index (χ0n) is 4.79. The highest BCUT2D eigenvalue weighted by Crippen LogP contribution is 2.10. The van der Waals surface area contributed by atoms with Crippen LogP contribution in [0.3, 0.4) is 0 Å². The summed E-state index contributed by atoms with van der Waals surface area (Å²) in [7, 11) is 1.50. The summed E-state index contributed by atoms with van der Waals surface area (Å²) >= 11 is 1.15. The number of nitrogens with zero attached hydrogens (tertiary/aromatic N) is 2. The first kappa shape index (κ1) is 6.24. The van der Waals surface area contributed by atoms with Gasteiger partial charge in [0.2, 0.25) is 11.1 Å². The normalized spacial score (nSPS) is 9.44. The molecular weight excluding hydrogens is 140 g/mol. The van der Waals surface area contributed by atoms with Gasteiger partial charge < -0.3 is 5.73 Å². The lowest BCUT2D eigenvalue weighted by molar-refractivity contribution is 0.271. The summed E-state index contributed by atoms with van der Waals surface area (Å²) in [5.41, 5.74) is 7.69. The maximum absolute atomic E-state index is 5.20. The largest absolute Gasteiger partial charge is 0.367 e. The van der Waals surface area contributed by atoms with Gasteiger partial charge in [-0.1, -0.05) is 0 Å². The van der Waals surface area contributed by atoms with Crippen molar-refractivity contribution in [3.8, 4) is 0 Å². The lowest BCUT2D eigenvalue weighted by atomic mass is 11.1. The maximum Gasteiger partial charge on any atom is 0.233 e. The molecule has 0 aromatic carbocycles. The molecule has 0 saturated heterocycles. The Morgan fingerprint density at radius 3 is 3.00 bits per heavy atom. The molecule has 0 unspecified atom stereocenters. The molecule has 0 amide bonds. The van der Waals surface area contributed by atoms with Gasteiger partial charge in [-0.05, 0) is 0 Å². The van der Waals surface area contributed by atoms with Gasteiger partial charge in [0.15, 0.2) is 0 Å². The lowest BCUT2D eigenvalue weighted by Gasteiger charge is -1.91.